The van der Waals surface area contributed by atoms with E-state index in [0.717, 1.165) is 54.9 Å². The maximum absolute atomic E-state index is 13.1. The Morgan fingerprint density at radius 3 is 2.23 bits per heavy atom. The van der Waals surface area contributed by atoms with Crippen LogP contribution in [0.1, 0.15) is 18.2 Å². The molecule has 0 spiro atoms. The Kier molecular flexibility index (Phi) is 6.42. The van der Waals surface area contributed by atoms with Crippen molar-refractivity contribution < 1.29 is 8.42 Å². The molecule has 8 heteroatoms. The van der Waals surface area contributed by atoms with E-state index in [0.29, 0.717) is 16.6 Å². The molecule has 0 unspecified atom stereocenters. The molecule has 2 heterocycles. The Bertz CT molecular complexity index is 1140. The molecule has 160 valence electrons. The third-order valence-corrected chi connectivity index (χ3v) is 7.90. The van der Waals surface area contributed by atoms with Crippen molar-refractivity contribution in [3.8, 4) is 0 Å². The van der Waals surface area contributed by atoms with Gasteiger partial charge < -0.3 is 9.88 Å². The van der Waals surface area contributed by atoms with Crippen molar-refractivity contribution in [3.63, 3.8) is 0 Å². The van der Waals surface area contributed by atoms with E-state index in [2.05, 4.69) is 21.7 Å². The van der Waals surface area contributed by atoms with Gasteiger partial charge in [0, 0.05) is 59.4 Å². The second-order valence-electron chi connectivity index (χ2n) is 7.70. The highest BCUT2D eigenvalue weighted by atomic mass is 35.5. The fourth-order valence-corrected chi connectivity index (χ4v) is 5.62. The first-order chi connectivity index (χ1) is 14.4. The van der Waals surface area contributed by atoms with Crippen molar-refractivity contribution in [3.05, 3.63) is 63.8 Å². The van der Waals surface area contributed by atoms with E-state index in [1.807, 2.05) is 18.2 Å². The summed E-state index contributed by atoms with van der Waals surface area (Å²) in [4.78, 5) is 8.41. The molecule has 4 rings (SSSR count). The van der Waals surface area contributed by atoms with Crippen LogP contribution in [0.3, 0.4) is 0 Å². The Balaban J connectivity index is 1.67. The van der Waals surface area contributed by atoms with Gasteiger partial charge in [-0.3, -0.25) is 4.90 Å². The van der Waals surface area contributed by atoms with Gasteiger partial charge in [0.25, 0.3) is 0 Å². The summed E-state index contributed by atoms with van der Waals surface area (Å²) in [5, 5.41) is 2.15. The first-order valence-electron chi connectivity index (χ1n) is 10.1. The number of H-pyrrole nitrogens is 1. The van der Waals surface area contributed by atoms with Gasteiger partial charge in [0.05, 0.1) is 10.6 Å². The van der Waals surface area contributed by atoms with Crippen molar-refractivity contribution in [2.45, 2.75) is 24.1 Å². The van der Waals surface area contributed by atoms with Gasteiger partial charge in [-0.2, -0.15) is 0 Å². The minimum atomic E-state index is -3.51. The van der Waals surface area contributed by atoms with Crippen molar-refractivity contribution in [1.82, 2.24) is 14.8 Å². The number of nitrogens with one attached hydrogen (secondary N) is 1. The highest BCUT2D eigenvalue weighted by molar-refractivity contribution is 7.90. The van der Waals surface area contributed by atoms with Crippen LogP contribution in [0.4, 0.5) is 0 Å². The molecule has 0 aliphatic carbocycles. The standard InChI is InChI=1S/C22H25Cl2N3O2S/c1-2-26-9-11-27(12-10-26)14-20-19-13-17(24)5-8-21(19)25-22(20)15-30(28,29)18-6-3-16(23)4-7-18/h3-8,13,25H,2,9-12,14-15H2,1H3. The number of fused-ring (bicyclic) bond motifs is 1. The van der Waals surface area contributed by atoms with Crippen LogP contribution < -0.4 is 0 Å². The Morgan fingerprint density at radius 1 is 0.933 bits per heavy atom. The van der Waals surface area contributed by atoms with Crippen molar-refractivity contribution in [2.24, 2.45) is 0 Å². The largest absolute Gasteiger partial charge is 0.357 e. The quantitative estimate of drug-likeness (QED) is 0.578. The fraction of sp³-hybridized carbons (Fsp3) is 0.364. The molecule has 5 nitrogen and oxygen atoms in total. The van der Waals surface area contributed by atoms with E-state index >= 15 is 0 Å². The van der Waals surface area contributed by atoms with Gasteiger partial charge in [-0.25, -0.2) is 8.42 Å². The molecule has 1 saturated heterocycles. The second-order valence-corrected chi connectivity index (χ2v) is 10.6. The maximum Gasteiger partial charge on any atom is 0.183 e. The maximum atomic E-state index is 13.1. The summed E-state index contributed by atoms with van der Waals surface area (Å²) in [6.45, 7) is 7.91. The number of aromatic nitrogens is 1. The Morgan fingerprint density at radius 2 is 1.57 bits per heavy atom. The minimum absolute atomic E-state index is 0.0921. The summed E-state index contributed by atoms with van der Waals surface area (Å²) in [6, 6.07) is 12.0. The first-order valence-corrected chi connectivity index (χ1v) is 12.5. The lowest BCUT2D eigenvalue weighted by atomic mass is 10.1. The van der Waals surface area contributed by atoms with Crippen LogP contribution in [0.2, 0.25) is 10.0 Å². The van der Waals surface area contributed by atoms with Crippen LogP contribution in [0, 0.1) is 0 Å². The highest BCUT2D eigenvalue weighted by Crippen LogP contribution is 2.30. The smallest absolute Gasteiger partial charge is 0.183 e. The minimum Gasteiger partial charge on any atom is -0.357 e. The number of nitrogens with zero attached hydrogens (tertiary/aromatic N) is 2. The number of aromatic amines is 1. The van der Waals surface area contributed by atoms with E-state index in [1.54, 1.807) is 24.3 Å². The van der Waals surface area contributed by atoms with Gasteiger partial charge in [0.1, 0.15) is 0 Å². The predicted octanol–water partition coefficient (Wildman–Crippen LogP) is 4.59. The molecular weight excluding hydrogens is 441 g/mol. The molecule has 3 aromatic rings. The van der Waals surface area contributed by atoms with E-state index < -0.39 is 9.84 Å². The third kappa shape index (κ3) is 4.68. The van der Waals surface area contributed by atoms with E-state index in [1.165, 1.54) is 0 Å². The molecule has 0 saturated carbocycles. The first kappa shape index (κ1) is 21.7. The van der Waals surface area contributed by atoms with Crippen LogP contribution >= 0.6 is 23.2 Å². The number of sulfone groups is 1. The Hall–Kier alpha value is -1.57. The van der Waals surface area contributed by atoms with Gasteiger partial charge in [-0.05, 0) is 54.6 Å². The highest BCUT2D eigenvalue weighted by Gasteiger charge is 2.23. The van der Waals surface area contributed by atoms with Gasteiger partial charge in [-0.1, -0.05) is 30.1 Å². The molecule has 1 fully saturated rings. The molecule has 1 aromatic heterocycles. The zero-order valence-corrected chi connectivity index (χ0v) is 19.2. The number of halogens is 2. The lowest BCUT2D eigenvalue weighted by Gasteiger charge is -2.34. The number of hydrogen-bond donors (Lipinski definition) is 1. The lowest BCUT2D eigenvalue weighted by Crippen LogP contribution is -2.45. The normalized spacial score (nSPS) is 16.4. The molecule has 1 aliphatic rings. The molecule has 1 N–H and O–H groups in total. The SMILES string of the molecule is CCN1CCN(Cc2c(CS(=O)(=O)c3ccc(Cl)cc3)[nH]c3ccc(Cl)cc23)CC1. The molecule has 0 radical (unpaired) electrons. The topological polar surface area (TPSA) is 56.4 Å². The van der Waals surface area contributed by atoms with E-state index in [-0.39, 0.29) is 10.6 Å². The molecule has 0 atom stereocenters. The summed E-state index contributed by atoms with van der Waals surface area (Å²) in [6.07, 6.45) is 0. The van der Waals surface area contributed by atoms with E-state index in [9.17, 15) is 8.42 Å². The van der Waals surface area contributed by atoms with Crippen molar-refractivity contribution in [2.75, 3.05) is 32.7 Å². The molecule has 2 aromatic carbocycles. The van der Waals surface area contributed by atoms with E-state index in [4.69, 9.17) is 23.2 Å². The fourth-order valence-electron chi connectivity index (χ4n) is 3.98. The van der Waals surface area contributed by atoms with Crippen LogP contribution in [0.15, 0.2) is 47.4 Å². The van der Waals surface area contributed by atoms with Crippen LogP contribution in [-0.2, 0) is 22.1 Å². The van der Waals surface area contributed by atoms with Crippen LogP contribution in [0.5, 0.6) is 0 Å². The summed E-state index contributed by atoms with van der Waals surface area (Å²) in [7, 11) is -3.51. The second kappa shape index (κ2) is 8.89. The molecule has 1 aliphatic heterocycles. The summed E-state index contributed by atoms with van der Waals surface area (Å²) in [5.41, 5.74) is 2.64. The zero-order valence-electron chi connectivity index (χ0n) is 16.9. The summed E-state index contributed by atoms with van der Waals surface area (Å²) < 4.78 is 26.1. The average Bonchev–Trinajstić information content (AvgIpc) is 3.04. The number of hydrogen-bond acceptors (Lipinski definition) is 4. The number of likely N-dealkylation sites (N-methyl/N-ethyl adjacent to an activating group) is 1. The lowest BCUT2D eigenvalue weighted by molar-refractivity contribution is 0.132. The molecule has 30 heavy (non-hydrogen) atoms. The Labute approximate surface area is 187 Å². The summed E-state index contributed by atoms with van der Waals surface area (Å²) in [5.74, 6) is -0.0921. The molecule has 0 amide bonds. The van der Waals surface area contributed by atoms with Crippen molar-refractivity contribution in [1.29, 1.82) is 0 Å². The number of piperazine rings is 1. The number of rotatable bonds is 6. The average molecular weight is 466 g/mol. The third-order valence-electron chi connectivity index (χ3n) is 5.76. The van der Waals surface area contributed by atoms with Gasteiger partial charge >= 0.3 is 0 Å². The zero-order chi connectivity index (χ0) is 21.3. The van der Waals surface area contributed by atoms with Crippen LogP contribution in [0.25, 0.3) is 10.9 Å². The molecule has 0 bridgehead atoms. The van der Waals surface area contributed by atoms with Gasteiger partial charge in [0.15, 0.2) is 9.84 Å². The van der Waals surface area contributed by atoms with Crippen LogP contribution in [-0.4, -0.2) is 55.9 Å². The van der Waals surface area contributed by atoms with Gasteiger partial charge in [0.2, 0.25) is 0 Å². The number of benzene rings is 2. The summed E-state index contributed by atoms with van der Waals surface area (Å²) >= 11 is 12.2. The monoisotopic (exact) mass is 465 g/mol. The van der Waals surface area contributed by atoms with Crippen molar-refractivity contribution >= 4 is 43.9 Å². The van der Waals surface area contributed by atoms with Gasteiger partial charge in [-0.15, -0.1) is 0 Å². The predicted molar refractivity (Wildman–Crippen MR) is 123 cm³/mol. The molecular formula is C22H25Cl2N3O2S.